The summed E-state index contributed by atoms with van der Waals surface area (Å²) in [6.45, 7) is 3.60. The summed E-state index contributed by atoms with van der Waals surface area (Å²) in [4.78, 5) is 27.0. The van der Waals surface area contributed by atoms with Crippen molar-refractivity contribution in [1.82, 2.24) is 10.7 Å². The molecule has 2 rings (SSSR count). The van der Waals surface area contributed by atoms with E-state index < -0.39 is 17.0 Å². The van der Waals surface area contributed by atoms with Gasteiger partial charge in [0.2, 0.25) is 0 Å². The molecule has 116 valence electrons. The third-order valence-corrected chi connectivity index (χ3v) is 3.05. The van der Waals surface area contributed by atoms with Crippen molar-refractivity contribution in [2.75, 3.05) is 6.61 Å². The minimum absolute atomic E-state index is 0.0237. The second-order valence-corrected chi connectivity index (χ2v) is 4.54. The van der Waals surface area contributed by atoms with Crippen molar-refractivity contribution in [3.05, 3.63) is 57.3 Å². The van der Waals surface area contributed by atoms with E-state index in [0.29, 0.717) is 11.3 Å². The summed E-state index contributed by atoms with van der Waals surface area (Å²) in [5.41, 5.74) is 3.52. The molecule has 0 bridgehead atoms. The van der Waals surface area contributed by atoms with Gasteiger partial charge in [0.05, 0.1) is 12.2 Å². The number of esters is 1. The SMILES string of the molecule is CCOC(=O)C1=C(C)NC(N[N+](=O)[O-])=N[C@@H]1c1ccccc1. The average Bonchev–Trinajstić information content (AvgIpc) is 2.47. The van der Waals surface area contributed by atoms with Crippen LogP contribution in [0.3, 0.4) is 0 Å². The molecule has 1 aromatic carbocycles. The fraction of sp³-hybridized carbons (Fsp3) is 0.286. The van der Waals surface area contributed by atoms with Gasteiger partial charge < -0.3 is 10.1 Å². The van der Waals surface area contributed by atoms with Crippen molar-refractivity contribution >= 4 is 11.9 Å². The highest BCUT2D eigenvalue weighted by atomic mass is 16.7. The van der Waals surface area contributed by atoms with Gasteiger partial charge in [-0.2, -0.15) is 0 Å². The molecule has 2 N–H and O–H groups in total. The number of hydrazine groups is 1. The van der Waals surface area contributed by atoms with E-state index in [1.165, 1.54) is 0 Å². The number of hydrogen-bond donors (Lipinski definition) is 2. The smallest absolute Gasteiger partial charge is 0.338 e. The van der Waals surface area contributed by atoms with Gasteiger partial charge in [0.1, 0.15) is 6.04 Å². The van der Waals surface area contributed by atoms with Gasteiger partial charge in [-0.3, -0.25) is 0 Å². The van der Waals surface area contributed by atoms with Crippen molar-refractivity contribution in [2.45, 2.75) is 19.9 Å². The van der Waals surface area contributed by atoms with E-state index >= 15 is 0 Å². The maximum atomic E-state index is 12.2. The third kappa shape index (κ3) is 3.40. The van der Waals surface area contributed by atoms with Crippen LogP contribution in [0.5, 0.6) is 0 Å². The largest absolute Gasteiger partial charge is 0.463 e. The van der Waals surface area contributed by atoms with E-state index in [0.717, 1.165) is 5.56 Å². The first-order valence-corrected chi connectivity index (χ1v) is 6.71. The number of rotatable bonds is 4. The molecule has 0 aliphatic carbocycles. The minimum Gasteiger partial charge on any atom is -0.463 e. The Balaban J connectivity index is 2.42. The summed E-state index contributed by atoms with van der Waals surface area (Å²) in [5.74, 6) is -0.519. The molecular formula is C14H16N4O4. The highest BCUT2D eigenvalue weighted by Crippen LogP contribution is 2.30. The van der Waals surface area contributed by atoms with E-state index in [4.69, 9.17) is 4.74 Å². The first kappa shape index (κ1) is 15.5. The zero-order valence-electron chi connectivity index (χ0n) is 12.2. The van der Waals surface area contributed by atoms with E-state index in [-0.39, 0.29) is 12.6 Å². The number of nitro groups is 1. The summed E-state index contributed by atoms with van der Waals surface area (Å²) >= 11 is 0. The van der Waals surface area contributed by atoms with Gasteiger partial charge in [0, 0.05) is 5.70 Å². The Morgan fingerprint density at radius 1 is 1.45 bits per heavy atom. The van der Waals surface area contributed by atoms with Crippen LogP contribution in [0.4, 0.5) is 0 Å². The standard InChI is InChI=1S/C14H16N4O4/c1-3-22-13(19)11-9(2)15-14(17-18(20)21)16-12(11)10-7-5-4-6-8-10/h4-8,12H,3H2,1-2H3,(H2,15,16,17)/t12-/m1/s1. The van der Waals surface area contributed by atoms with Crippen molar-refractivity contribution in [3.8, 4) is 0 Å². The lowest BCUT2D eigenvalue weighted by atomic mass is 9.96. The minimum atomic E-state index is -0.712. The molecule has 22 heavy (non-hydrogen) atoms. The van der Waals surface area contributed by atoms with Gasteiger partial charge in [0.25, 0.3) is 5.96 Å². The number of benzene rings is 1. The average molecular weight is 304 g/mol. The Bertz CT molecular complexity index is 640. The van der Waals surface area contributed by atoms with Gasteiger partial charge in [-0.15, -0.1) is 0 Å². The second kappa shape index (κ2) is 6.70. The monoisotopic (exact) mass is 304 g/mol. The van der Waals surface area contributed by atoms with Crippen molar-refractivity contribution in [2.24, 2.45) is 4.99 Å². The van der Waals surface area contributed by atoms with Gasteiger partial charge in [-0.1, -0.05) is 35.8 Å². The zero-order valence-corrected chi connectivity index (χ0v) is 12.2. The number of guanidine groups is 1. The summed E-state index contributed by atoms with van der Waals surface area (Å²) in [7, 11) is 0. The molecule has 0 saturated carbocycles. The molecule has 1 aliphatic heterocycles. The number of carbonyl (C=O) groups excluding carboxylic acids is 1. The Kier molecular flexibility index (Phi) is 4.72. The maximum absolute atomic E-state index is 12.2. The number of aliphatic imine (C=N–C) groups is 1. The molecule has 8 nitrogen and oxygen atoms in total. The van der Waals surface area contributed by atoms with E-state index in [2.05, 4.69) is 10.3 Å². The van der Waals surface area contributed by atoms with E-state index in [1.807, 2.05) is 23.6 Å². The fourth-order valence-corrected chi connectivity index (χ4v) is 2.17. The Labute approximate surface area is 127 Å². The predicted octanol–water partition coefficient (Wildman–Crippen LogP) is 1.31. The normalized spacial score (nSPS) is 17.4. The first-order chi connectivity index (χ1) is 10.5. The van der Waals surface area contributed by atoms with Crippen LogP contribution >= 0.6 is 0 Å². The first-order valence-electron chi connectivity index (χ1n) is 6.71. The molecule has 1 aromatic rings. The fourth-order valence-electron chi connectivity index (χ4n) is 2.17. The summed E-state index contributed by atoms with van der Waals surface area (Å²) in [6, 6.07) is 8.40. The maximum Gasteiger partial charge on any atom is 0.338 e. The Morgan fingerprint density at radius 3 is 2.73 bits per heavy atom. The van der Waals surface area contributed by atoms with Crippen LogP contribution in [0.2, 0.25) is 0 Å². The number of allylic oxidation sites excluding steroid dienone is 1. The summed E-state index contributed by atoms with van der Waals surface area (Å²) in [5, 5.41) is 12.6. The lowest BCUT2D eigenvalue weighted by molar-refractivity contribution is -0.525. The van der Waals surface area contributed by atoms with Crippen LogP contribution in [-0.2, 0) is 9.53 Å². The number of carbonyl (C=O) groups is 1. The van der Waals surface area contributed by atoms with Crippen LogP contribution in [0.15, 0.2) is 46.6 Å². The summed E-state index contributed by atoms with van der Waals surface area (Å²) < 4.78 is 5.06. The Morgan fingerprint density at radius 2 is 2.14 bits per heavy atom. The topological polar surface area (TPSA) is 106 Å². The number of nitrogens with zero attached hydrogens (tertiary/aromatic N) is 2. The van der Waals surface area contributed by atoms with Crippen LogP contribution in [0.1, 0.15) is 25.5 Å². The van der Waals surface area contributed by atoms with Gasteiger partial charge in [-0.25, -0.2) is 19.9 Å². The Hall–Kier alpha value is -2.90. The highest BCUT2D eigenvalue weighted by Gasteiger charge is 2.31. The molecule has 8 heteroatoms. The van der Waals surface area contributed by atoms with Crippen molar-refractivity contribution < 1.29 is 14.6 Å². The molecule has 0 saturated heterocycles. The molecular weight excluding hydrogens is 288 g/mol. The molecule has 0 amide bonds. The lowest BCUT2D eigenvalue weighted by Gasteiger charge is -2.24. The predicted molar refractivity (Wildman–Crippen MR) is 79.2 cm³/mol. The van der Waals surface area contributed by atoms with Crippen molar-refractivity contribution in [1.29, 1.82) is 0 Å². The van der Waals surface area contributed by atoms with Crippen molar-refractivity contribution in [3.63, 3.8) is 0 Å². The summed E-state index contributed by atoms with van der Waals surface area (Å²) in [6.07, 6.45) is 0. The number of hydrogen-bond acceptors (Lipinski definition) is 6. The van der Waals surface area contributed by atoms with Crippen LogP contribution in [0.25, 0.3) is 0 Å². The lowest BCUT2D eigenvalue weighted by Crippen LogP contribution is -2.43. The van der Waals surface area contributed by atoms with E-state index in [9.17, 15) is 14.9 Å². The van der Waals surface area contributed by atoms with Gasteiger partial charge in [-0.05, 0) is 19.4 Å². The number of ether oxygens (including phenoxy) is 1. The quantitative estimate of drug-likeness (QED) is 0.493. The van der Waals surface area contributed by atoms with Gasteiger partial charge >= 0.3 is 5.97 Å². The van der Waals surface area contributed by atoms with Gasteiger partial charge in [0.15, 0.2) is 5.03 Å². The highest BCUT2D eigenvalue weighted by molar-refractivity contribution is 5.95. The second-order valence-electron chi connectivity index (χ2n) is 4.54. The molecule has 0 aromatic heterocycles. The van der Waals surface area contributed by atoms with Crippen LogP contribution < -0.4 is 10.7 Å². The van der Waals surface area contributed by atoms with Crippen LogP contribution in [-0.4, -0.2) is 23.6 Å². The molecule has 0 unspecified atom stereocenters. The molecule has 0 spiro atoms. The zero-order chi connectivity index (χ0) is 16.1. The van der Waals surface area contributed by atoms with Crippen LogP contribution in [0, 0.1) is 10.1 Å². The number of nitrogens with one attached hydrogen (secondary N) is 2. The molecule has 1 heterocycles. The molecule has 0 radical (unpaired) electrons. The molecule has 1 atom stereocenters. The molecule has 1 aliphatic rings. The third-order valence-electron chi connectivity index (χ3n) is 3.05. The van der Waals surface area contributed by atoms with E-state index in [1.54, 1.807) is 26.0 Å². The molecule has 0 fully saturated rings.